The third-order valence-corrected chi connectivity index (χ3v) is 6.46. The molecule has 1 aromatic carbocycles. The van der Waals surface area contributed by atoms with Crippen molar-refractivity contribution in [2.45, 2.75) is 48.8 Å². The summed E-state index contributed by atoms with van der Waals surface area (Å²) < 4.78 is 20.7. The number of ether oxygens (including phenoxy) is 2. The second kappa shape index (κ2) is 4.08. The number of likely N-dealkylation sites (tertiary alicyclic amines) is 1. The molecule has 4 aliphatic rings. The first kappa shape index (κ1) is 12.8. The molecule has 0 radical (unpaired) electrons. The number of methoxy groups -OCH3 is 1. The van der Waals surface area contributed by atoms with E-state index in [1.807, 2.05) is 24.1 Å². The van der Waals surface area contributed by atoms with Gasteiger partial charge in [0.25, 0.3) is 0 Å². The zero-order valence-electron chi connectivity index (χ0n) is 14.4. The average molecular weight is 316 g/mol. The van der Waals surface area contributed by atoms with E-state index in [2.05, 4.69) is 0 Å². The van der Waals surface area contributed by atoms with Crippen LogP contribution < -0.4 is 9.47 Å². The topological polar surface area (TPSA) is 59.0 Å². The number of benzene rings is 1. The number of nitrogens with zero attached hydrogens (tertiary/aromatic N) is 1. The van der Waals surface area contributed by atoms with E-state index in [-0.39, 0.29) is 12.2 Å². The molecular formula is C18H21NO4. The van der Waals surface area contributed by atoms with E-state index in [9.17, 15) is 9.90 Å². The lowest BCUT2D eigenvalue weighted by Crippen LogP contribution is -2.76. The molecule has 0 aromatic heterocycles. The zero-order valence-corrected chi connectivity index (χ0v) is 13.4. The van der Waals surface area contributed by atoms with Crippen molar-refractivity contribution < 1.29 is 20.7 Å². The number of Topliss-reactive ketones (excluding diaryl/α,β-unsaturated/α-hetero) is 1. The van der Waals surface area contributed by atoms with Gasteiger partial charge >= 0.3 is 0 Å². The van der Waals surface area contributed by atoms with Crippen LogP contribution in [0.5, 0.6) is 11.5 Å². The van der Waals surface area contributed by atoms with Gasteiger partial charge in [0.05, 0.1) is 19.5 Å². The standard InChI is InChI=1S/C18H21NO4/c1-19-8-7-17-14-10-3-4-12(22-2)15(14)23-16(17)11(20)5-6-18(17,21)13(19)9-10/h3-4,13,16,21H,5-9H2,1-2H3/t13-,16?,17+,18-/m1/s1/i13D. The minimum atomic E-state index is -1.30. The van der Waals surface area contributed by atoms with Crippen LogP contribution in [0.1, 0.15) is 31.8 Å². The Bertz CT molecular complexity index is 783. The average Bonchev–Trinajstić information content (AvgIpc) is 2.92. The second-order valence-electron chi connectivity index (χ2n) is 7.22. The summed E-state index contributed by atoms with van der Waals surface area (Å²) in [5.74, 6) is 1.22. The Balaban J connectivity index is 1.89. The molecular weight excluding hydrogens is 294 g/mol. The van der Waals surface area contributed by atoms with Gasteiger partial charge in [0.2, 0.25) is 0 Å². The summed E-state index contributed by atoms with van der Waals surface area (Å²) in [6.07, 6.45) is 0.904. The Morgan fingerprint density at radius 1 is 1.48 bits per heavy atom. The number of carbonyl (C=O) groups excluding carboxylic acids is 1. The van der Waals surface area contributed by atoms with Gasteiger partial charge in [0.15, 0.2) is 23.4 Å². The van der Waals surface area contributed by atoms with Gasteiger partial charge in [-0.2, -0.15) is 0 Å². The van der Waals surface area contributed by atoms with Crippen molar-refractivity contribution in [3.63, 3.8) is 0 Å². The Hall–Kier alpha value is -1.59. The van der Waals surface area contributed by atoms with Crippen molar-refractivity contribution in [2.75, 3.05) is 20.7 Å². The molecule has 5 nitrogen and oxygen atoms in total. The van der Waals surface area contributed by atoms with E-state index in [0.717, 1.165) is 11.1 Å². The van der Waals surface area contributed by atoms with Crippen molar-refractivity contribution in [1.29, 1.82) is 0 Å². The first-order chi connectivity index (χ1) is 11.4. The molecule has 5 rings (SSSR count). The lowest BCUT2D eigenvalue weighted by molar-refractivity contribution is -0.185. The first-order valence-electron chi connectivity index (χ1n) is 8.72. The molecule has 2 heterocycles. The molecule has 1 unspecified atom stereocenters. The van der Waals surface area contributed by atoms with Crippen molar-refractivity contribution in [1.82, 2.24) is 4.90 Å². The minimum Gasteiger partial charge on any atom is -0.493 e. The van der Waals surface area contributed by atoms with Crippen molar-refractivity contribution in [3.05, 3.63) is 23.3 Å². The van der Waals surface area contributed by atoms with Gasteiger partial charge in [-0.3, -0.25) is 4.79 Å². The van der Waals surface area contributed by atoms with Gasteiger partial charge in [-0.15, -0.1) is 0 Å². The molecule has 2 bridgehead atoms. The summed E-state index contributed by atoms with van der Waals surface area (Å²) in [5, 5.41) is 11.8. The second-order valence-corrected chi connectivity index (χ2v) is 7.22. The fourth-order valence-electron chi connectivity index (χ4n) is 5.41. The lowest BCUT2D eigenvalue weighted by atomic mass is 9.49. The van der Waals surface area contributed by atoms with Crippen molar-refractivity contribution in [2.24, 2.45) is 0 Å². The van der Waals surface area contributed by atoms with Crippen LogP contribution >= 0.6 is 0 Å². The summed E-state index contributed by atoms with van der Waals surface area (Å²) in [7, 11) is 3.48. The molecule has 2 aliphatic carbocycles. The van der Waals surface area contributed by atoms with E-state index < -0.39 is 23.1 Å². The van der Waals surface area contributed by atoms with E-state index in [4.69, 9.17) is 10.8 Å². The summed E-state index contributed by atoms with van der Waals surface area (Å²) in [6.45, 7) is 0.662. The van der Waals surface area contributed by atoms with Gasteiger partial charge in [-0.25, -0.2) is 0 Å². The minimum absolute atomic E-state index is 0.0256. The number of rotatable bonds is 1. The van der Waals surface area contributed by atoms with Gasteiger partial charge in [-0.1, -0.05) is 6.07 Å². The first-order valence-corrected chi connectivity index (χ1v) is 8.22. The maximum Gasteiger partial charge on any atom is 0.174 e. The largest absolute Gasteiger partial charge is 0.493 e. The summed E-state index contributed by atoms with van der Waals surface area (Å²) in [4.78, 5) is 14.6. The Kier molecular flexibility index (Phi) is 2.27. The smallest absolute Gasteiger partial charge is 0.174 e. The van der Waals surface area contributed by atoms with Crippen molar-refractivity contribution in [3.8, 4) is 11.5 Å². The molecule has 1 spiro atoms. The summed E-state index contributed by atoms with van der Waals surface area (Å²) in [5.41, 5.74) is -0.211. The highest BCUT2D eigenvalue weighted by Gasteiger charge is 2.72. The molecule has 2 fully saturated rings. The number of likely N-dealkylation sites (N-methyl/N-ethyl adjacent to an activating group) is 1. The number of carbonyl (C=O) groups is 1. The molecule has 5 heteroatoms. The molecule has 0 amide bonds. The lowest BCUT2D eigenvalue weighted by Gasteiger charge is -2.62. The van der Waals surface area contributed by atoms with Gasteiger partial charge in [-0.05, 0) is 44.5 Å². The summed E-state index contributed by atoms with van der Waals surface area (Å²) in [6, 6.07) is 2.67. The molecule has 1 aromatic rings. The third-order valence-electron chi connectivity index (χ3n) is 6.46. The fourth-order valence-corrected chi connectivity index (χ4v) is 5.41. The van der Waals surface area contributed by atoms with Crippen LogP contribution in [0.25, 0.3) is 0 Å². The molecule has 122 valence electrons. The Morgan fingerprint density at radius 3 is 3.09 bits per heavy atom. The van der Waals surface area contributed by atoms with Gasteiger partial charge < -0.3 is 19.5 Å². The van der Waals surface area contributed by atoms with Crippen molar-refractivity contribution >= 4 is 5.78 Å². The monoisotopic (exact) mass is 316 g/mol. The number of piperidine rings is 1. The number of hydrogen-bond acceptors (Lipinski definition) is 5. The molecule has 1 saturated carbocycles. The number of hydrogen-bond donors (Lipinski definition) is 1. The van der Waals surface area contributed by atoms with Gasteiger partial charge in [0.1, 0.15) is 0 Å². The fraction of sp³-hybridized carbons (Fsp3) is 0.611. The van der Waals surface area contributed by atoms with Crippen LogP contribution in [0.15, 0.2) is 12.1 Å². The predicted octanol–water partition coefficient (Wildman–Crippen LogP) is 1.05. The number of ketones is 1. The highest BCUT2D eigenvalue weighted by atomic mass is 16.5. The molecule has 1 N–H and O–H groups in total. The SMILES string of the molecule is [2H][C@]12Cc3ccc(OC)c4c3[C@@]3(CCN1C)C(O4)C(=O)CC[C@]32O. The zero-order chi connectivity index (χ0) is 16.9. The van der Waals surface area contributed by atoms with E-state index in [1.54, 1.807) is 7.11 Å². The number of aliphatic hydroxyl groups is 1. The molecule has 23 heavy (non-hydrogen) atoms. The molecule has 4 atom stereocenters. The van der Waals surface area contributed by atoms with Crippen LogP contribution in [0.3, 0.4) is 0 Å². The van der Waals surface area contributed by atoms with E-state index in [1.165, 1.54) is 0 Å². The Labute approximate surface area is 136 Å². The highest BCUT2D eigenvalue weighted by molar-refractivity contribution is 5.90. The van der Waals surface area contributed by atoms with Crippen LogP contribution in [-0.4, -0.2) is 54.2 Å². The predicted molar refractivity (Wildman–Crippen MR) is 83.0 cm³/mol. The molecule has 1 saturated heterocycles. The van der Waals surface area contributed by atoms with Crippen LogP contribution in [0.2, 0.25) is 0 Å². The van der Waals surface area contributed by atoms with Gasteiger partial charge in [0, 0.05) is 18.0 Å². The van der Waals surface area contributed by atoms with E-state index in [0.29, 0.717) is 37.3 Å². The quantitative estimate of drug-likeness (QED) is 0.839. The van der Waals surface area contributed by atoms with Crippen LogP contribution in [-0.2, 0) is 16.6 Å². The van der Waals surface area contributed by atoms with Crippen LogP contribution in [0.4, 0.5) is 0 Å². The van der Waals surface area contributed by atoms with E-state index >= 15 is 0 Å². The third kappa shape index (κ3) is 1.32. The molecule has 2 aliphatic heterocycles. The Morgan fingerprint density at radius 2 is 2.30 bits per heavy atom. The summed E-state index contributed by atoms with van der Waals surface area (Å²) >= 11 is 0. The maximum absolute atomic E-state index is 12.7. The highest BCUT2D eigenvalue weighted by Crippen LogP contribution is 2.64. The van der Waals surface area contributed by atoms with Crippen LogP contribution in [0, 0.1) is 0 Å². The normalized spacial score (nSPS) is 44.4. The maximum atomic E-state index is 12.7.